The molecule has 0 amide bonds. The van der Waals surface area contributed by atoms with Crippen molar-refractivity contribution in [2.45, 2.75) is 0 Å². The number of benzene rings is 2. The Morgan fingerprint density at radius 1 is 0.941 bits per heavy atom. The van der Waals surface area contributed by atoms with Crippen molar-refractivity contribution < 1.29 is 14.6 Å². The van der Waals surface area contributed by atoms with E-state index in [0.29, 0.717) is 17.2 Å². The molecule has 2 aromatic carbocycles. The highest BCUT2D eigenvalue weighted by molar-refractivity contribution is 5.85. The molecular weight excluding hydrogens is 218 g/mol. The lowest BCUT2D eigenvalue weighted by molar-refractivity contribution is -0.255. The number of carboxylic acids is 1. The zero-order valence-corrected chi connectivity index (χ0v) is 8.92. The van der Waals surface area contributed by atoms with E-state index in [-0.39, 0.29) is 5.56 Å². The highest BCUT2D eigenvalue weighted by Gasteiger charge is 1.98. The fourth-order valence-electron chi connectivity index (χ4n) is 1.33. The van der Waals surface area contributed by atoms with E-state index in [1.54, 1.807) is 36.4 Å². The molecule has 86 valence electrons. The molecule has 2 aromatic rings. The molecule has 0 aliphatic rings. The molecule has 4 heteroatoms. The molecule has 0 saturated carbocycles. The topological polar surface area (TPSA) is 75.4 Å². The van der Waals surface area contributed by atoms with Crippen LogP contribution in [0.5, 0.6) is 11.5 Å². The van der Waals surface area contributed by atoms with Crippen LogP contribution in [-0.2, 0) is 0 Å². The summed E-state index contributed by atoms with van der Waals surface area (Å²) in [6.45, 7) is 0. The maximum atomic E-state index is 10.5. The van der Waals surface area contributed by atoms with Gasteiger partial charge in [-0.2, -0.15) is 0 Å². The molecule has 0 aromatic heterocycles. The number of nitrogens with two attached hydrogens (primary N) is 1. The SMILES string of the molecule is Nc1ccc(Oc2ccc(C(=O)[O-])cc2)cc1. The van der Waals surface area contributed by atoms with Crippen molar-refractivity contribution in [3.05, 3.63) is 54.1 Å². The number of carbonyl (C=O) groups is 1. The van der Waals surface area contributed by atoms with Crippen LogP contribution in [0.15, 0.2) is 48.5 Å². The predicted octanol–water partition coefficient (Wildman–Crippen LogP) is 1.42. The molecule has 4 nitrogen and oxygen atoms in total. The van der Waals surface area contributed by atoms with Crippen LogP contribution < -0.4 is 15.6 Å². The minimum atomic E-state index is -1.20. The van der Waals surface area contributed by atoms with Crippen molar-refractivity contribution in [3.63, 3.8) is 0 Å². The predicted molar refractivity (Wildman–Crippen MR) is 61.7 cm³/mol. The summed E-state index contributed by atoms with van der Waals surface area (Å²) in [6, 6.07) is 12.9. The number of carbonyl (C=O) groups excluding carboxylic acids is 1. The van der Waals surface area contributed by atoms with E-state index in [1.807, 2.05) is 0 Å². The van der Waals surface area contributed by atoms with E-state index in [2.05, 4.69) is 0 Å². The third-order valence-corrected chi connectivity index (χ3v) is 2.21. The monoisotopic (exact) mass is 228 g/mol. The standard InChI is InChI=1S/C13H11NO3/c14-10-3-7-12(8-4-10)17-11-5-1-9(2-6-11)13(15)16/h1-8H,14H2,(H,15,16)/p-1. The van der Waals surface area contributed by atoms with Crippen LogP contribution in [0.25, 0.3) is 0 Å². The zero-order valence-electron chi connectivity index (χ0n) is 8.92. The normalized spacial score (nSPS) is 9.88. The Balaban J connectivity index is 2.13. The largest absolute Gasteiger partial charge is 0.545 e. The molecule has 0 aliphatic carbocycles. The Bertz CT molecular complexity index is 517. The summed E-state index contributed by atoms with van der Waals surface area (Å²) in [7, 11) is 0. The molecule has 0 atom stereocenters. The van der Waals surface area contributed by atoms with Gasteiger partial charge in [-0.15, -0.1) is 0 Å². The molecule has 17 heavy (non-hydrogen) atoms. The number of anilines is 1. The number of ether oxygens (including phenoxy) is 1. The number of aromatic carboxylic acids is 1. The maximum Gasteiger partial charge on any atom is 0.127 e. The summed E-state index contributed by atoms with van der Waals surface area (Å²) in [5, 5.41) is 10.5. The van der Waals surface area contributed by atoms with Crippen LogP contribution in [0.4, 0.5) is 5.69 Å². The van der Waals surface area contributed by atoms with Crippen molar-refractivity contribution in [2.75, 3.05) is 5.73 Å². The van der Waals surface area contributed by atoms with E-state index in [1.165, 1.54) is 12.1 Å². The summed E-state index contributed by atoms with van der Waals surface area (Å²) >= 11 is 0. The second kappa shape index (κ2) is 4.57. The quantitative estimate of drug-likeness (QED) is 0.806. The van der Waals surface area contributed by atoms with Crippen molar-refractivity contribution in [3.8, 4) is 11.5 Å². The van der Waals surface area contributed by atoms with Crippen LogP contribution >= 0.6 is 0 Å². The van der Waals surface area contributed by atoms with Gasteiger partial charge >= 0.3 is 0 Å². The zero-order chi connectivity index (χ0) is 12.3. The first-order valence-corrected chi connectivity index (χ1v) is 5.00. The van der Waals surface area contributed by atoms with E-state index in [9.17, 15) is 9.90 Å². The van der Waals surface area contributed by atoms with Gasteiger partial charge in [0, 0.05) is 5.69 Å². The lowest BCUT2D eigenvalue weighted by Crippen LogP contribution is -2.21. The van der Waals surface area contributed by atoms with Crippen molar-refractivity contribution >= 4 is 11.7 Å². The molecule has 0 unspecified atom stereocenters. The van der Waals surface area contributed by atoms with Crippen molar-refractivity contribution in [1.82, 2.24) is 0 Å². The smallest absolute Gasteiger partial charge is 0.127 e. The number of hydrogen-bond acceptors (Lipinski definition) is 4. The van der Waals surface area contributed by atoms with Gasteiger partial charge in [0.25, 0.3) is 0 Å². The van der Waals surface area contributed by atoms with Crippen LogP contribution in [-0.4, -0.2) is 5.97 Å². The van der Waals surface area contributed by atoms with Crippen LogP contribution in [0.3, 0.4) is 0 Å². The molecule has 0 aliphatic heterocycles. The molecule has 2 N–H and O–H groups in total. The van der Waals surface area contributed by atoms with Crippen LogP contribution in [0.1, 0.15) is 10.4 Å². The first-order valence-electron chi connectivity index (χ1n) is 5.00. The van der Waals surface area contributed by atoms with Crippen LogP contribution in [0.2, 0.25) is 0 Å². The summed E-state index contributed by atoms with van der Waals surface area (Å²) in [6.07, 6.45) is 0. The van der Waals surface area contributed by atoms with Gasteiger partial charge < -0.3 is 20.4 Å². The fraction of sp³-hybridized carbons (Fsp3) is 0. The van der Waals surface area contributed by atoms with E-state index >= 15 is 0 Å². The summed E-state index contributed by atoms with van der Waals surface area (Å²) in [5.74, 6) is -0.00999. The Kier molecular flexibility index (Phi) is 2.96. The second-order valence-corrected chi connectivity index (χ2v) is 3.48. The van der Waals surface area contributed by atoms with Gasteiger partial charge in [0.05, 0.1) is 5.97 Å². The third kappa shape index (κ3) is 2.75. The number of nitrogen functional groups attached to an aromatic ring is 1. The Labute approximate surface area is 98.3 Å². The lowest BCUT2D eigenvalue weighted by Gasteiger charge is -2.07. The first-order chi connectivity index (χ1) is 8.15. The van der Waals surface area contributed by atoms with Gasteiger partial charge in [-0.3, -0.25) is 0 Å². The van der Waals surface area contributed by atoms with E-state index < -0.39 is 5.97 Å². The van der Waals surface area contributed by atoms with Crippen LogP contribution in [0, 0.1) is 0 Å². The van der Waals surface area contributed by atoms with E-state index in [0.717, 1.165) is 0 Å². The number of rotatable bonds is 3. The summed E-state index contributed by atoms with van der Waals surface area (Å²) in [5.41, 5.74) is 6.32. The van der Waals surface area contributed by atoms with Gasteiger partial charge in [0.2, 0.25) is 0 Å². The molecule has 2 rings (SSSR count). The lowest BCUT2D eigenvalue weighted by atomic mass is 10.2. The summed E-state index contributed by atoms with van der Waals surface area (Å²) in [4.78, 5) is 10.5. The van der Waals surface area contributed by atoms with Gasteiger partial charge in [-0.05, 0) is 54.1 Å². The minimum Gasteiger partial charge on any atom is -0.545 e. The molecule has 0 heterocycles. The molecule has 0 saturated heterocycles. The molecule has 0 bridgehead atoms. The fourth-order valence-corrected chi connectivity index (χ4v) is 1.33. The molecular formula is C13H10NO3-. The minimum absolute atomic E-state index is 0.120. The molecule has 0 radical (unpaired) electrons. The maximum absolute atomic E-state index is 10.5. The van der Waals surface area contributed by atoms with Gasteiger partial charge in [0.15, 0.2) is 0 Å². The van der Waals surface area contributed by atoms with Gasteiger partial charge in [0.1, 0.15) is 11.5 Å². The Morgan fingerprint density at radius 3 is 1.88 bits per heavy atom. The highest BCUT2D eigenvalue weighted by Crippen LogP contribution is 2.22. The highest BCUT2D eigenvalue weighted by atomic mass is 16.5. The molecule has 0 spiro atoms. The number of carboxylic acid groups (broad SMARTS) is 1. The average Bonchev–Trinajstić information content (AvgIpc) is 2.33. The van der Waals surface area contributed by atoms with Crippen molar-refractivity contribution in [2.24, 2.45) is 0 Å². The van der Waals surface area contributed by atoms with Gasteiger partial charge in [-0.25, -0.2) is 0 Å². The van der Waals surface area contributed by atoms with Crippen molar-refractivity contribution in [1.29, 1.82) is 0 Å². The third-order valence-electron chi connectivity index (χ3n) is 2.21. The Hall–Kier alpha value is -2.49. The first kappa shape index (κ1) is 11.0. The number of hydrogen-bond donors (Lipinski definition) is 1. The second-order valence-electron chi connectivity index (χ2n) is 3.48. The summed E-state index contributed by atoms with van der Waals surface area (Å²) < 4.78 is 5.50. The average molecular weight is 228 g/mol. The van der Waals surface area contributed by atoms with Gasteiger partial charge in [-0.1, -0.05) is 0 Å². The van der Waals surface area contributed by atoms with E-state index in [4.69, 9.17) is 10.5 Å². The Morgan fingerprint density at radius 2 is 1.41 bits per heavy atom. The molecule has 0 fully saturated rings.